The molecular weight excluding hydrogens is 432 g/mol. The summed E-state index contributed by atoms with van der Waals surface area (Å²) in [6, 6.07) is 19.2. The van der Waals surface area contributed by atoms with Crippen LogP contribution in [0.25, 0.3) is 37.8 Å². The Balaban J connectivity index is 1.31. The molecule has 5 aromatic rings. The summed E-state index contributed by atoms with van der Waals surface area (Å²) in [6.45, 7) is 3.98. The molecule has 0 aliphatic rings. The molecule has 0 fully saturated rings. The third-order valence-electron chi connectivity index (χ3n) is 5.31. The summed E-state index contributed by atoms with van der Waals surface area (Å²) in [5, 5.41) is 4.25. The molecule has 0 atom stereocenters. The summed E-state index contributed by atoms with van der Waals surface area (Å²) < 4.78 is 6.68. The minimum Gasteiger partial charge on any atom is -0.463 e. The van der Waals surface area contributed by atoms with Gasteiger partial charge >= 0.3 is 0 Å². The quantitative estimate of drug-likeness (QED) is 0.323. The molecule has 0 radical (unpaired) electrons. The van der Waals surface area contributed by atoms with Crippen LogP contribution in [0.15, 0.2) is 82.2 Å². The van der Waals surface area contributed by atoms with Crippen LogP contribution in [0.1, 0.15) is 16.7 Å². The first kappa shape index (κ1) is 20.8. The van der Waals surface area contributed by atoms with Gasteiger partial charge in [-0.25, -0.2) is 4.98 Å². The SMILES string of the molecule is Cc1ccc2nc(-c3ccc(NC(=O)/C=C/c4coc5ccc(C)cc5c4=O)cc3)sc2c1. The van der Waals surface area contributed by atoms with Gasteiger partial charge < -0.3 is 9.73 Å². The molecule has 6 heteroatoms. The molecule has 0 aliphatic heterocycles. The van der Waals surface area contributed by atoms with Gasteiger partial charge in [0.2, 0.25) is 5.91 Å². The van der Waals surface area contributed by atoms with E-state index in [0.717, 1.165) is 26.4 Å². The van der Waals surface area contributed by atoms with Crippen LogP contribution in [0.2, 0.25) is 0 Å². The molecule has 2 heterocycles. The number of anilines is 1. The number of thiazole rings is 1. The van der Waals surface area contributed by atoms with Gasteiger partial charge in [0.25, 0.3) is 0 Å². The van der Waals surface area contributed by atoms with E-state index >= 15 is 0 Å². The molecule has 1 amide bonds. The number of nitrogens with one attached hydrogen (secondary N) is 1. The Morgan fingerprint density at radius 1 is 1.00 bits per heavy atom. The lowest BCUT2D eigenvalue weighted by atomic mass is 10.1. The van der Waals surface area contributed by atoms with Crippen LogP contribution in [-0.4, -0.2) is 10.9 Å². The number of aryl methyl sites for hydroxylation is 2. The van der Waals surface area contributed by atoms with Crippen molar-refractivity contribution < 1.29 is 9.21 Å². The van der Waals surface area contributed by atoms with Crippen LogP contribution >= 0.6 is 11.3 Å². The maximum Gasteiger partial charge on any atom is 0.248 e. The van der Waals surface area contributed by atoms with Gasteiger partial charge in [-0.05, 0) is 74.0 Å². The highest BCUT2D eigenvalue weighted by atomic mass is 32.1. The third kappa shape index (κ3) is 4.33. The van der Waals surface area contributed by atoms with Gasteiger partial charge in [-0.2, -0.15) is 0 Å². The summed E-state index contributed by atoms with van der Waals surface area (Å²) in [7, 11) is 0. The minimum atomic E-state index is -0.332. The standard InChI is InChI=1S/C27H20N2O3S/c1-16-4-11-23-21(13-16)26(31)19(15-32-23)7-12-25(30)28-20-8-5-18(6-9-20)27-29-22-10-3-17(2)14-24(22)33-27/h3-15H,1-2H3,(H,28,30)/b12-7+. The highest BCUT2D eigenvalue weighted by molar-refractivity contribution is 7.21. The first-order valence-corrected chi connectivity index (χ1v) is 11.3. The van der Waals surface area contributed by atoms with Crippen LogP contribution in [0, 0.1) is 13.8 Å². The zero-order valence-electron chi connectivity index (χ0n) is 18.1. The summed E-state index contributed by atoms with van der Waals surface area (Å²) in [5.41, 5.74) is 5.49. The van der Waals surface area contributed by atoms with E-state index in [1.807, 2.05) is 43.3 Å². The van der Waals surface area contributed by atoms with Crippen molar-refractivity contribution in [1.82, 2.24) is 4.98 Å². The van der Waals surface area contributed by atoms with Crippen molar-refractivity contribution in [2.24, 2.45) is 0 Å². The summed E-state index contributed by atoms with van der Waals surface area (Å²) >= 11 is 1.64. The number of hydrogen-bond donors (Lipinski definition) is 1. The van der Waals surface area contributed by atoms with Gasteiger partial charge in [0.15, 0.2) is 5.43 Å². The van der Waals surface area contributed by atoms with Gasteiger partial charge in [-0.3, -0.25) is 9.59 Å². The second kappa shape index (κ2) is 8.48. The Labute approximate surface area is 194 Å². The van der Waals surface area contributed by atoms with E-state index < -0.39 is 0 Å². The molecular formula is C27H20N2O3S. The Hall–Kier alpha value is -4.03. The number of carbonyl (C=O) groups excluding carboxylic acids is 1. The molecule has 0 aliphatic carbocycles. The van der Waals surface area contributed by atoms with Gasteiger partial charge in [-0.1, -0.05) is 17.7 Å². The fourth-order valence-corrected chi connectivity index (χ4v) is 4.65. The largest absolute Gasteiger partial charge is 0.463 e. The second-order valence-electron chi connectivity index (χ2n) is 7.91. The first-order chi connectivity index (χ1) is 16.0. The van der Waals surface area contributed by atoms with Crippen LogP contribution in [0.5, 0.6) is 0 Å². The highest BCUT2D eigenvalue weighted by Gasteiger charge is 2.08. The predicted molar refractivity (Wildman–Crippen MR) is 135 cm³/mol. The molecule has 5 rings (SSSR count). The molecule has 0 saturated heterocycles. The molecule has 0 saturated carbocycles. The topological polar surface area (TPSA) is 72.2 Å². The number of carbonyl (C=O) groups is 1. The number of aromatic nitrogens is 1. The van der Waals surface area contributed by atoms with Crippen molar-refractivity contribution in [2.75, 3.05) is 5.32 Å². The van der Waals surface area contributed by atoms with E-state index in [2.05, 4.69) is 24.4 Å². The van der Waals surface area contributed by atoms with E-state index in [9.17, 15) is 9.59 Å². The molecule has 0 spiro atoms. The predicted octanol–water partition coefficient (Wildman–Crippen LogP) is 6.34. The fraction of sp³-hybridized carbons (Fsp3) is 0.0741. The molecule has 2 aromatic heterocycles. The highest BCUT2D eigenvalue weighted by Crippen LogP contribution is 2.31. The van der Waals surface area contributed by atoms with Crippen molar-refractivity contribution in [1.29, 1.82) is 0 Å². The maximum absolute atomic E-state index is 12.7. The Kier molecular flexibility index (Phi) is 5.36. The van der Waals surface area contributed by atoms with Crippen molar-refractivity contribution in [3.05, 3.63) is 99.9 Å². The van der Waals surface area contributed by atoms with E-state index in [-0.39, 0.29) is 11.3 Å². The minimum absolute atomic E-state index is 0.167. The van der Waals surface area contributed by atoms with Crippen molar-refractivity contribution in [3.63, 3.8) is 0 Å². The fourth-order valence-electron chi connectivity index (χ4n) is 3.58. The van der Waals surface area contributed by atoms with Gasteiger partial charge in [0.05, 0.1) is 21.2 Å². The van der Waals surface area contributed by atoms with Crippen molar-refractivity contribution in [3.8, 4) is 10.6 Å². The number of benzene rings is 3. The lowest BCUT2D eigenvalue weighted by Gasteiger charge is -2.03. The normalized spacial score (nSPS) is 11.5. The van der Waals surface area contributed by atoms with Gasteiger partial charge in [-0.15, -0.1) is 11.3 Å². The number of nitrogens with zero attached hydrogens (tertiary/aromatic N) is 1. The zero-order chi connectivity index (χ0) is 22.9. The number of fused-ring (bicyclic) bond motifs is 2. The Morgan fingerprint density at radius 2 is 1.76 bits per heavy atom. The van der Waals surface area contributed by atoms with Gasteiger partial charge in [0.1, 0.15) is 16.9 Å². The molecule has 0 unspecified atom stereocenters. The summed E-state index contributed by atoms with van der Waals surface area (Å²) in [6.07, 6.45) is 4.18. The molecule has 33 heavy (non-hydrogen) atoms. The van der Waals surface area contributed by atoms with Gasteiger partial charge in [0, 0.05) is 17.3 Å². The lowest BCUT2D eigenvalue weighted by molar-refractivity contribution is -0.111. The molecule has 1 N–H and O–H groups in total. The summed E-state index contributed by atoms with van der Waals surface area (Å²) in [5.74, 6) is -0.332. The van der Waals surface area contributed by atoms with Crippen LogP contribution in [-0.2, 0) is 4.79 Å². The molecule has 5 nitrogen and oxygen atoms in total. The maximum atomic E-state index is 12.7. The lowest BCUT2D eigenvalue weighted by Crippen LogP contribution is -2.09. The van der Waals surface area contributed by atoms with Crippen molar-refractivity contribution in [2.45, 2.75) is 13.8 Å². The van der Waals surface area contributed by atoms with E-state index in [4.69, 9.17) is 9.40 Å². The average molecular weight is 453 g/mol. The van der Waals surface area contributed by atoms with E-state index in [0.29, 0.717) is 22.2 Å². The van der Waals surface area contributed by atoms with Crippen LogP contribution < -0.4 is 10.7 Å². The second-order valence-corrected chi connectivity index (χ2v) is 8.94. The van der Waals surface area contributed by atoms with E-state index in [1.165, 1.54) is 24.0 Å². The average Bonchev–Trinajstić information content (AvgIpc) is 3.23. The Bertz CT molecular complexity index is 1590. The van der Waals surface area contributed by atoms with E-state index in [1.54, 1.807) is 23.5 Å². The molecule has 3 aromatic carbocycles. The smallest absolute Gasteiger partial charge is 0.248 e. The number of amides is 1. The van der Waals surface area contributed by atoms with Crippen molar-refractivity contribution >= 4 is 50.2 Å². The third-order valence-corrected chi connectivity index (χ3v) is 6.38. The molecule has 0 bridgehead atoms. The monoisotopic (exact) mass is 452 g/mol. The Morgan fingerprint density at radius 3 is 2.58 bits per heavy atom. The molecule has 162 valence electrons. The van der Waals surface area contributed by atoms with Crippen LogP contribution in [0.4, 0.5) is 5.69 Å². The summed E-state index contributed by atoms with van der Waals surface area (Å²) in [4.78, 5) is 29.7. The number of rotatable bonds is 4. The zero-order valence-corrected chi connectivity index (χ0v) is 18.9. The van der Waals surface area contributed by atoms with Crippen LogP contribution in [0.3, 0.4) is 0 Å². The number of hydrogen-bond acceptors (Lipinski definition) is 5. The first-order valence-electron chi connectivity index (χ1n) is 10.5.